The Morgan fingerprint density at radius 1 is 1.19 bits per heavy atom. The van der Waals surface area contributed by atoms with Gasteiger partial charge in [0.05, 0.1) is 5.69 Å². The maximum atomic E-state index is 5.71. The number of hydrogen-bond donors (Lipinski definition) is 1. The summed E-state index contributed by atoms with van der Waals surface area (Å²) in [6.45, 7) is 0. The van der Waals surface area contributed by atoms with E-state index in [0.717, 1.165) is 11.4 Å². The van der Waals surface area contributed by atoms with Crippen LogP contribution in [0.15, 0.2) is 48.7 Å². The molecule has 0 saturated heterocycles. The lowest BCUT2D eigenvalue weighted by molar-refractivity contribution is 1.25. The van der Waals surface area contributed by atoms with Crippen molar-refractivity contribution < 1.29 is 0 Å². The van der Waals surface area contributed by atoms with Crippen molar-refractivity contribution >= 4 is 28.7 Å². The lowest BCUT2D eigenvalue weighted by atomic mass is 10.2. The molecule has 0 aliphatic rings. The molecule has 0 aliphatic carbocycles. The van der Waals surface area contributed by atoms with E-state index in [-0.39, 0.29) is 5.11 Å². The van der Waals surface area contributed by atoms with Gasteiger partial charge in [0.2, 0.25) is 0 Å². The summed E-state index contributed by atoms with van der Waals surface area (Å²) in [5, 5.41) is 0.274. The number of pyridine rings is 1. The first-order valence-electron chi connectivity index (χ1n) is 4.76. The lowest BCUT2D eigenvalue weighted by Crippen LogP contribution is -2.31. The number of para-hydroxylation sites is 1. The SMILES string of the molecule is NC(=S)N(c1[c]nccc1)c1ccccc1. The molecule has 0 amide bonds. The van der Waals surface area contributed by atoms with Crippen LogP contribution in [-0.4, -0.2) is 10.1 Å². The lowest BCUT2D eigenvalue weighted by Gasteiger charge is -2.21. The summed E-state index contributed by atoms with van der Waals surface area (Å²) in [6.07, 6.45) is 4.52. The van der Waals surface area contributed by atoms with Crippen molar-refractivity contribution in [3.05, 3.63) is 54.9 Å². The van der Waals surface area contributed by atoms with Gasteiger partial charge in [-0.2, -0.15) is 0 Å². The predicted molar refractivity (Wildman–Crippen MR) is 68.4 cm³/mol. The molecule has 2 aromatic rings. The molecule has 4 heteroatoms. The Balaban J connectivity index is 2.44. The van der Waals surface area contributed by atoms with Crippen molar-refractivity contribution in [2.24, 2.45) is 5.73 Å². The number of rotatable bonds is 2. The van der Waals surface area contributed by atoms with Crippen molar-refractivity contribution in [1.29, 1.82) is 0 Å². The first-order valence-corrected chi connectivity index (χ1v) is 5.17. The van der Waals surface area contributed by atoms with Crippen LogP contribution < -0.4 is 10.6 Å². The number of nitrogens with zero attached hydrogens (tertiary/aromatic N) is 2. The Labute approximate surface area is 99.5 Å². The summed E-state index contributed by atoms with van der Waals surface area (Å²) >= 11 is 5.04. The van der Waals surface area contributed by atoms with Crippen molar-refractivity contribution in [2.75, 3.05) is 4.90 Å². The smallest absolute Gasteiger partial charge is 0.175 e. The van der Waals surface area contributed by atoms with E-state index in [2.05, 4.69) is 11.2 Å². The second kappa shape index (κ2) is 4.72. The Kier molecular flexibility index (Phi) is 3.12. The second-order valence-corrected chi connectivity index (χ2v) is 3.56. The van der Waals surface area contributed by atoms with Crippen LogP contribution in [0, 0.1) is 6.20 Å². The van der Waals surface area contributed by atoms with Gasteiger partial charge >= 0.3 is 0 Å². The molecular formula is C12H10N3S. The molecule has 1 aromatic heterocycles. The number of hydrogen-bond acceptors (Lipinski definition) is 2. The summed E-state index contributed by atoms with van der Waals surface area (Å²) < 4.78 is 0. The van der Waals surface area contributed by atoms with E-state index in [1.54, 1.807) is 11.1 Å². The molecule has 1 aromatic carbocycles. The highest BCUT2D eigenvalue weighted by molar-refractivity contribution is 7.80. The first-order chi connectivity index (χ1) is 7.79. The minimum Gasteiger partial charge on any atom is -0.376 e. The zero-order chi connectivity index (χ0) is 11.4. The molecule has 2 rings (SSSR count). The molecular weight excluding hydrogens is 218 g/mol. The van der Waals surface area contributed by atoms with Crippen molar-refractivity contribution in [3.63, 3.8) is 0 Å². The monoisotopic (exact) mass is 228 g/mol. The molecule has 0 saturated carbocycles. The second-order valence-electron chi connectivity index (χ2n) is 3.14. The standard InChI is InChI=1S/C12H10N3S/c13-12(16)15(10-5-2-1-3-6-10)11-7-4-8-14-9-11/h1-8H,(H2,13,16). The van der Waals surface area contributed by atoms with E-state index < -0.39 is 0 Å². The van der Waals surface area contributed by atoms with Gasteiger partial charge in [-0.15, -0.1) is 0 Å². The average Bonchev–Trinajstić information content (AvgIpc) is 2.31. The quantitative estimate of drug-likeness (QED) is 0.801. The van der Waals surface area contributed by atoms with Gasteiger partial charge in [-0.25, -0.2) is 0 Å². The number of nitrogens with two attached hydrogens (primary N) is 1. The van der Waals surface area contributed by atoms with Crippen molar-refractivity contribution in [3.8, 4) is 0 Å². The fourth-order valence-electron chi connectivity index (χ4n) is 1.40. The molecule has 2 N–H and O–H groups in total. The highest BCUT2D eigenvalue weighted by atomic mass is 32.1. The summed E-state index contributed by atoms with van der Waals surface area (Å²) in [5.74, 6) is 0. The van der Waals surface area contributed by atoms with Gasteiger partial charge < -0.3 is 5.73 Å². The molecule has 0 atom stereocenters. The maximum Gasteiger partial charge on any atom is 0.175 e. The first kappa shape index (κ1) is 10.6. The van der Waals surface area contributed by atoms with Gasteiger partial charge in [0.1, 0.15) is 6.20 Å². The normalized spacial score (nSPS) is 9.75. The number of thiocarbonyl (C=S) groups is 1. The number of benzene rings is 1. The van der Waals surface area contributed by atoms with Gasteiger partial charge in [-0.05, 0) is 36.5 Å². The highest BCUT2D eigenvalue weighted by Gasteiger charge is 2.11. The fraction of sp³-hybridized carbons (Fsp3) is 0. The topological polar surface area (TPSA) is 42.1 Å². The van der Waals surface area contributed by atoms with Crippen LogP contribution in [0.1, 0.15) is 0 Å². The Morgan fingerprint density at radius 3 is 2.50 bits per heavy atom. The van der Waals surface area contributed by atoms with Gasteiger partial charge in [0, 0.05) is 11.9 Å². The maximum absolute atomic E-state index is 5.71. The molecule has 79 valence electrons. The van der Waals surface area contributed by atoms with Crippen LogP contribution in [0.4, 0.5) is 11.4 Å². The summed E-state index contributed by atoms with van der Waals surface area (Å²) in [7, 11) is 0. The van der Waals surface area contributed by atoms with Gasteiger partial charge in [-0.1, -0.05) is 18.2 Å². The van der Waals surface area contributed by atoms with Crippen LogP contribution >= 0.6 is 12.2 Å². The van der Waals surface area contributed by atoms with Crippen molar-refractivity contribution in [2.45, 2.75) is 0 Å². The van der Waals surface area contributed by atoms with Crippen LogP contribution in [0.5, 0.6) is 0 Å². The van der Waals surface area contributed by atoms with E-state index in [0.29, 0.717) is 0 Å². The van der Waals surface area contributed by atoms with Gasteiger partial charge in [0.25, 0.3) is 0 Å². The third-order valence-corrected chi connectivity index (χ3v) is 2.25. The Bertz CT molecular complexity index is 431. The largest absolute Gasteiger partial charge is 0.376 e. The summed E-state index contributed by atoms with van der Waals surface area (Å²) in [4.78, 5) is 5.66. The molecule has 0 bridgehead atoms. The minimum atomic E-state index is 0.274. The van der Waals surface area contributed by atoms with E-state index >= 15 is 0 Å². The van der Waals surface area contributed by atoms with Crippen LogP contribution in [0.2, 0.25) is 0 Å². The molecule has 0 unspecified atom stereocenters. The number of anilines is 2. The minimum absolute atomic E-state index is 0.274. The van der Waals surface area contributed by atoms with Gasteiger partial charge in [0.15, 0.2) is 5.11 Å². The third-order valence-electron chi connectivity index (χ3n) is 2.07. The van der Waals surface area contributed by atoms with E-state index in [4.69, 9.17) is 18.0 Å². The Hall–Kier alpha value is -1.94. The highest BCUT2D eigenvalue weighted by Crippen LogP contribution is 2.23. The molecule has 0 spiro atoms. The van der Waals surface area contributed by atoms with E-state index in [1.807, 2.05) is 42.5 Å². The van der Waals surface area contributed by atoms with E-state index in [1.165, 1.54) is 0 Å². The molecule has 0 aliphatic heterocycles. The molecule has 16 heavy (non-hydrogen) atoms. The zero-order valence-corrected chi connectivity index (χ0v) is 9.32. The summed E-state index contributed by atoms with van der Waals surface area (Å²) in [6, 6.07) is 13.3. The molecule has 1 heterocycles. The number of aromatic nitrogens is 1. The van der Waals surface area contributed by atoms with Crippen LogP contribution in [-0.2, 0) is 0 Å². The Morgan fingerprint density at radius 2 is 1.94 bits per heavy atom. The molecule has 3 nitrogen and oxygen atoms in total. The third kappa shape index (κ3) is 2.17. The van der Waals surface area contributed by atoms with Crippen molar-refractivity contribution in [1.82, 2.24) is 4.98 Å². The molecule has 0 fully saturated rings. The molecule has 1 radical (unpaired) electrons. The van der Waals surface area contributed by atoms with Crippen LogP contribution in [0.3, 0.4) is 0 Å². The fourth-order valence-corrected chi connectivity index (χ4v) is 1.61. The van der Waals surface area contributed by atoms with Crippen LogP contribution in [0.25, 0.3) is 0 Å². The zero-order valence-electron chi connectivity index (χ0n) is 8.50. The average molecular weight is 228 g/mol. The summed E-state index contributed by atoms with van der Waals surface area (Å²) in [5.41, 5.74) is 7.35. The van der Waals surface area contributed by atoms with E-state index in [9.17, 15) is 0 Å². The van der Waals surface area contributed by atoms with Gasteiger partial charge in [-0.3, -0.25) is 9.88 Å². The predicted octanol–water partition coefficient (Wildman–Crippen LogP) is 2.26.